The summed E-state index contributed by atoms with van der Waals surface area (Å²) in [5, 5.41) is 27.5. The molecule has 2 atom stereocenters. The minimum absolute atomic E-state index is 0.0292. The summed E-state index contributed by atoms with van der Waals surface area (Å²) in [5.41, 5.74) is 7.11. The van der Waals surface area contributed by atoms with Crippen LogP contribution in [0.15, 0.2) is 78.5 Å². The first-order valence-electron chi connectivity index (χ1n) is 18.1. The highest BCUT2D eigenvalue weighted by Crippen LogP contribution is 2.71. The Morgan fingerprint density at radius 2 is 1.70 bits per heavy atom. The maximum Gasteiger partial charge on any atom is 0.355 e. The zero-order valence-corrected chi connectivity index (χ0v) is 31.2. The van der Waals surface area contributed by atoms with Crippen molar-refractivity contribution < 1.29 is 19.5 Å². The summed E-state index contributed by atoms with van der Waals surface area (Å²) in [5.74, 6) is -1.47. The van der Waals surface area contributed by atoms with Gasteiger partial charge in [0.1, 0.15) is 0 Å². The first-order valence-corrected chi connectivity index (χ1v) is 18.9. The van der Waals surface area contributed by atoms with Gasteiger partial charge in [-0.25, -0.2) is 20.2 Å². The largest absolute Gasteiger partial charge is 0.476 e. The smallest absolute Gasteiger partial charge is 0.355 e. The van der Waals surface area contributed by atoms with E-state index in [4.69, 9.17) is 10.2 Å². The number of carbonyl (C=O) groups excluding carboxylic acids is 1. The fourth-order valence-corrected chi connectivity index (χ4v) is 11.7. The standard InChI is InChI=1S/C42H44N6O4S/c1-25(45-24-41-19-39(2)18-40(3,20-41)22-42(21-39,23-41)52-44-4)31(17-43)28-14-15-32(46-35(28)37(50)51)27-13-12-26-8-7-9-29(30(26)16-27)36(49)48-38-47-33-10-5-6-11-34(33)53-38/h5-17,43-45H,18-24H2,1-4H3,(H,50,51)(H,47,48,49)/b31-25+,43-17?. The maximum atomic E-state index is 13.5. The summed E-state index contributed by atoms with van der Waals surface area (Å²) in [6.45, 7) is 7.43. The number of benzene rings is 3. The number of carbonyl (C=O) groups is 2. The van der Waals surface area contributed by atoms with Crippen LogP contribution in [0, 0.1) is 21.7 Å². The van der Waals surface area contributed by atoms with Crippen LogP contribution in [0.2, 0.25) is 0 Å². The van der Waals surface area contributed by atoms with Crippen molar-refractivity contribution in [3.63, 3.8) is 0 Å². The number of carboxylic acids is 1. The van der Waals surface area contributed by atoms with Crippen LogP contribution < -0.4 is 16.1 Å². The number of para-hydroxylation sites is 1. The monoisotopic (exact) mass is 728 g/mol. The number of anilines is 1. The van der Waals surface area contributed by atoms with Crippen LogP contribution in [0.3, 0.4) is 0 Å². The predicted molar refractivity (Wildman–Crippen MR) is 210 cm³/mol. The van der Waals surface area contributed by atoms with Crippen LogP contribution in [0.5, 0.6) is 0 Å². The molecule has 5 N–H and O–H groups in total. The third-order valence-corrected chi connectivity index (χ3v) is 12.5. The molecule has 4 saturated carbocycles. The predicted octanol–water partition coefficient (Wildman–Crippen LogP) is 8.70. The Balaban J connectivity index is 1.08. The number of carboxylic acid groups (broad SMARTS) is 1. The molecule has 2 aromatic heterocycles. The molecule has 272 valence electrons. The van der Waals surface area contributed by atoms with Crippen LogP contribution >= 0.6 is 11.3 Å². The summed E-state index contributed by atoms with van der Waals surface area (Å²) >= 11 is 1.41. The molecule has 2 heterocycles. The lowest BCUT2D eigenvalue weighted by Gasteiger charge is -2.69. The van der Waals surface area contributed by atoms with E-state index in [2.05, 4.69) is 39.9 Å². The number of aromatic carboxylic acids is 1. The Hall–Kier alpha value is -4.97. The van der Waals surface area contributed by atoms with Crippen molar-refractivity contribution in [3.05, 3.63) is 95.3 Å². The fraction of sp³-hybridized carbons (Fsp3) is 0.357. The van der Waals surface area contributed by atoms with E-state index in [1.165, 1.54) is 24.0 Å². The average Bonchev–Trinajstić information content (AvgIpc) is 3.51. The number of fused-ring (bicyclic) bond motifs is 2. The summed E-state index contributed by atoms with van der Waals surface area (Å²) in [4.78, 5) is 41.7. The zero-order chi connectivity index (χ0) is 37.2. The number of hydroxylamine groups is 1. The SMILES string of the molecule is CNOC12CC3(C)CC(C)(CC(CN/C(C)=C(\C=N)c4ccc(-c5ccc6cccc(C(=O)Nc7nc8ccccc8s7)c6c5)nc4C(=O)O)(C3)C1)C2. The van der Waals surface area contributed by atoms with Gasteiger partial charge in [-0.2, -0.15) is 0 Å². The van der Waals surface area contributed by atoms with Gasteiger partial charge in [0.05, 0.1) is 21.5 Å². The number of rotatable bonds is 11. The Kier molecular flexibility index (Phi) is 8.51. The van der Waals surface area contributed by atoms with E-state index in [1.807, 2.05) is 68.6 Å². The van der Waals surface area contributed by atoms with Gasteiger partial charge in [-0.3, -0.25) is 14.9 Å². The first-order chi connectivity index (χ1) is 25.3. The number of nitrogens with one attached hydrogen (secondary N) is 4. The summed E-state index contributed by atoms with van der Waals surface area (Å²) < 4.78 is 0.985. The molecular formula is C42H44N6O4S. The van der Waals surface area contributed by atoms with E-state index in [-0.39, 0.29) is 33.4 Å². The van der Waals surface area contributed by atoms with Crippen molar-refractivity contribution in [1.29, 1.82) is 5.41 Å². The molecule has 9 rings (SSSR count). The minimum Gasteiger partial charge on any atom is -0.476 e. The summed E-state index contributed by atoms with van der Waals surface area (Å²) in [6, 6.07) is 22.4. The Morgan fingerprint density at radius 1 is 0.925 bits per heavy atom. The van der Waals surface area contributed by atoms with Gasteiger partial charge >= 0.3 is 5.97 Å². The van der Waals surface area contributed by atoms with Crippen LogP contribution in [0.25, 0.3) is 37.8 Å². The number of nitrogens with zero attached hydrogens (tertiary/aromatic N) is 2. The molecule has 11 heteroatoms. The highest BCUT2D eigenvalue weighted by Gasteiger charge is 2.66. The van der Waals surface area contributed by atoms with Gasteiger partial charge in [0, 0.05) is 47.8 Å². The second kappa shape index (κ2) is 12.9. The third-order valence-electron chi connectivity index (χ3n) is 11.6. The van der Waals surface area contributed by atoms with Gasteiger partial charge in [-0.05, 0) is 109 Å². The van der Waals surface area contributed by atoms with Crippen molar-refractivity contribution in [2.75, 3.05) is 18.9 Å². The van der Waals surface area contributed by atoms with E-state index in [1.54, 1.807) is 18.2 Å². The quantitative estimate of drug-likeness (QED) is 0.0670. The number of hydrogen-bond acceptors (Lipinski definition) is 9. The van der Waals surface area contributed by atoms with E-state index < -0.39 is 5.97 Å². The van der Waals surface area contributed by atoms with Crippen molar-refractivity contribution >= 4 is 61.1 Å². The molecule has 4 aliphatic carbocycles. The Bertz CT molecular complexity index is 2300. The highest BCUT2D eigenvalue weighted by atomic mass is 32.1. The normalized spacial score (nSPS) is 26.4. The molecule has 5 aromatic rings. The number of pyridine rings is 1. The molecule has 3 aromatic carbocycles. The second-order valence-electron chi connectivity index (χ2n) is 16.3. The van der Waals surface area contributed by atoms with Crippen molar-refractivity contribution in [2.45, 2.75) is 64.9 Å². The van der Waals surface area contributed by atoms with Gasteiger partial charge in [0.2, 0.25) is 0 Å². The number of hydrogen-bond donors (Lipinski definition) is 5. The molecule has 0 spiro atoms. The Labute approximate surface area is 312 Å². The van der Waals surface area contributed by atoms with Crippen LogP contribution in [-0.2, 0) is 4.84 Å². The molecule has 10 nitrogen and oxygen atoms in total. The van der Waals surface area contributed by atoms with Crippen LogP contribution in [0.4, 0.5) is 5.13 Å². The molecule has 4 aliphatic rings. The highest BCUT2D eigenvalue weighted by molar-refractivity contribution is 7.22. The van der Waals surface area contributed by atoms with E-state index in [0.717, 1.165) is 59.9 Å². The van der Waals surface area contributed by atoms with Crippen LogP contribution in [0.1, 0.15) is 85.7 Å². The molecule has 4 bridgehead atoms. The molecule has 0 saturated heterocycles. The minimum atomic E-state index is -1.18. The lowest BCUT2D eigenvalue weighted by atomic mass is 9.39. The van der Waals surface area contributed by atoms with Gasteiger partial charge in [0.15, 0.2) is 10.8 Å². The number of aromatic nitrogens is 2. The number of allylic oxidation sites excluding steroid dienone is 2. The molecule has 0 radical (unpaired) electrons. The van der Waals surface area contributed by atoms with E-state index in [9.17, 15) is 14.7 Å². The molecular weight excluding hydrogens is 685 g/mol. The van der Waals surface area contributed by atoms with Crippen LogP contribution in [-0.4, -0.2) is 52.4 Å². The van der Waals surface area contributed by atoms with Crippen molar-refractivity contribution in [2.24, 2.45) is 16.2 Å². The lowest BCUT2D eigenvalue weighted by molar-refractivity contribution is -0.260. The van der Waals surface area contributed by atoms with Gasteiger partial charge < -0.3 is 15.8 Å². The summed E-state index contributed by atoms with van der Waals surface area (Å²) in [6.07, 6.45) is 7.69. The topological polar surface area (TPSA) is 149 Å². The Morgan fingerprint density at radius 3 is 2.42 bits per heavy atom. The average molecular weight is 729 g/mol. The van der Waals surface area contributed by atoms with E-state index in [0.29, 0.717) is 38.5 Å². The van der Waals surface area contributed by atoms with Crippen molar-refractivity contribution in [3.8, 4) is 11.3 Å². The molecule has 2 unspecified atom stereocenters. The number of thiazole rings is 1. The fourth-order valence-electron chi connectivity index (χ4n) is 10.9. The van der Waals surface area contributed by atoms with Gasteiger partial charge in [0.25, 0.3) is 5.91 Å². The lowest BCUT2D eigenvalue weighted by Crippen LogP contribution is -2.66. The maximum absolute atomic E-state index is 13.5. The third kappa shape index (κ3) is 6.40. The second-order valence-corrected chi connectivity index (χ2v) is 17.3. The van der Waals surface area contributed by atoms with Gasteiger partial charge in [-0.1, -0.05) is 61.6 Å². The molecule has 4 fully saturated rings. The first kappa shape index (κ1) is 35.1. The van der Waals surface area contributed by atoms with E-state index >= 15 is 0 Å². The van der Waals surface area contributed by atoms with Gasteiger partial charge in [-0.15, -0.1) is 0 Å². The molecule has 0 aliphatic heterocycles. The molecule has 1 amide bonds. The number of amides is 1. The molecule has 53 heavy (non-hydrogen) atoms. The zero-order valence-electron chi connectivity index (χ0n) is 30.4. The van der Waals surface area contributed by atoms with Crippen molar-refractivity contribution in [1.82, 2.24) is 20.8 Å². The summed E-state index contributed by atoms with van der Waals surface area (Å²) in [7, 11) is 1.85.